The lowest BCUT2D eigenvalue weighted by Crippen LogP contribution is -2.13. The average molecular weight is 396 g/mol. The fourth-order valence-corrected chi connectivity index (χ4v) is 3.35. The number of rotatable bonds is 3. The maximum absolute atomic E-state index is 12.6. The molecule has 0 saturated heterocycles. The summed E-state index contributed by atoms with van der Waals surface area (Å²) in [7, 11) is 0. The number of aromatic nitrogens is 2. The van der Waals surface area contributed by atoms with Gasteiger partial charge in [-0.3, -0.25) is 4.79 Å². The number of hydrogen-bond donors (Lipinski definition) is 2. The Morgan fingerprint density at radius 2 is 1.85 bits per heavy atom. The first-order valence-electron chi connectivity index (χ1n) is 8.33. The Kier molecular flexibility index (Phi) is 4.60. The van der Waals surface area contributed by atoms with Crippen LogP contribution in [0.4, 0.5) is 5.69 Å². The molecule has 134 valence electrons. The van der Waals surface area contributed by atoms with Crippen molar-refractivity contribution in [2.45, 2.75) is 6.92 Å². The number of imidazole rings is 1. The van der Waals surface area contributed by atoms with Crippen LogP contribution in [0.2, 0.25) is 10.0 Å². The van der Waals surface area contributed by atoms with Crippen LogP contribution in [0.1, 0.15) is 15.9 Å². The lowest BCUT2D eigenvalue weighted by Gasteiger charge is -2.11. The number of anilines is 1. The SMILES string of the molecule is Cc1ccc(-c2nc3ccccc3[nH]2)cc1NC(=O)c1ccc(Cl)cc1Cl. The maximum Gasteiger partial charge on any atom is 0.257 e. The monoisotopic (exact) mass is 395 g/mol. The van der Waals surface area contributed by atoms with Gasteiger partial charge in [-0.05, 0) is 48.9 Å². The first-order valence-corrected chi connectivity index (χ1v) is 9.09. The molecule has 27 heavy (non-hydrogen) atoms. The lowest BCUT2D eigenvalue weighted by molar-refractivity contribution is 0.102. The van der Waals surface area contributed by atoms with E-state index in [2.05, 4.69) is 15.3 Å². The third-order valence-electron chi connectivity index (χ3n) is 4.32. The fourth-order valence-electron chi connectivity index (χ4n) is 2.86. The molecule has 0 spiro atoms. The molecule has 0 unspecified atom stereocenters. The number of halogens is 2. The van der Waals surface area contributed by atoms with Crippen LogP contribution in [0.15, 0.2) is 60.7 Å². The molecule has 0 saturated carbocycles. The summed E-state index contributed by atoms with van der Waals surface area (Å²) < 4.78 is 0. The zero-order chi connectivity index (χ0) is 19.0. The molecule has 6 heteroatoms. The van der Waals surface area contributed by atoms with Crippen LogP contribution in [0.25, 0.3) is 22.4 Å². The fraction of sp³-hybridized carbons (Fsp3) is 0.0476. The van der Waals surface area contributed by atoms with E-state index in [9.17, 15) is 4.79 Å². The summed E-state index contributed by atoms with van der Waals surface area (Å²) in [4.78, 5) is 20.5. The van der Waals surface area contributed by atoms with Gasteiger partial charge in [0.1, 0.15) is 5.82 Å². The first-order chi connectivity index (χ1) is 13.0. The molecule has 0 atom stereocenters. The van der Waals surface area contributed by atoms with Crippen LogP contribution in [-0.2, 0) is 0 Å². The van der Waals surface area contributed by atoms with Gasteiger partial charge in [0, 0.05) is 16.3 Å². The Balaban J connectivity index is 1.67. The van der Waals surface area contributed by atoms with Gasteiger partial charge in [0.25, 0.3) is 5.91 Å². The smallest absolute Gasteiger partial charge is 0.257 e. The van der Waals surface area contributed by atoms with E-state index in [-0.39, 0.29) is 5.91 Å². The molecule has 3 aromatic carbocycles. The Hall–Kier alpha value is -2.82. The van der Waals surface area contributed by atoms with Gasteiger partial charge in [0.2, 0.25) is 0 Å². The van der Waals surface area contributed by atoms with E-state index in [1.807, 2.05) is 49.4 Å². The minimum Gasteiger partial charge on any atom is -0.338 e. The molecule has 4 rings (SSSR count). The normalized spacial score (nSPS) is 10.9. The molecule has 0 aliphatic rings. The number of nitrogens with one attached hydrogen (secondary N) is 2. The number of hydrogen-bond acceptors (Lipinski definition) is 2. The summed E-state index contributed by atoms with van der Waals surface area (Å²) in [6.45, 7) is 1.93. The number of amides is 1. The van der Waals surface area contributed by atoms with Crippen molar-refractivity contribution in [1.82, 2.24) is 9.97 Å². The summed E-state index contributed by atoms with van der Waals surface area (Å²) >= 11 is 12.0. The summed E-state index contributed by atoms with van der Waals surface area (Å²) in [5, 5.41) is 3.72. The van der Waals surface area contributed by atoms with E-state index in [0.717, 1.165) is 28.0 Å². The number of nitrogens with zero attached hydrogens (tertiary/aromatic N) is 1. The van der Waals surface area contributed by atoms with E-state index in [1.54, 1.807) is 18.2 Å². The average Bonchev–Trinajstić information content (AvgIpc) is 3.07. The minimum absolute atomic E-state index is 0.290. The highest BCUT2D eigenvalue weighted by molar-refractivity contribution is 6.37. The van der Waals surface area contributed by atoms with Gasteiger partial charge in [-0.1, -0.05) is 47.5 Å². The molecule has 2 N–H and O–H groups in total. The number of carbonyl (C=O) groups excluding carboxylic acids is 1. The van der Waals surface area contributed by atoms with E-state index in [1.165, 1.54) is 0 Å². The summed E-state index contributed by atoms with van der Waals surface area (Å²) in [5.74, 6) is 0.456. The van der Waals surface area contributed by atoms with Crippen LogP contribution in [0.3, 0.4) is 0 Å². The van der Waals surface area contributed by atoms with Crippen molar-refractivity contribution < 1.29 is 4.79 Å². The van der Waals surface area contributed by atoms with Gasteiger partial charge < -0.3 is 10.3 Å². The Labute approximate surface area is 166 Å². The third kappa shape index (κ3) is 3.54. The first kappa shape index (κ1) is 17.6. The molecular formula is C21H15Cl2N3O. The van der Waals surface area contributed by atoms with Crippen LogP contribution < -0.4 is 5.32 Å². The van der Waals surface area contributed by atoms with Crippen LogP contribution in [0, 0.1) is 6.92 Å². The Morgan fingerprint density at radius 3 is 2.63 bits per heavy atom. The largest absolute Gasteiger partial charge is 0.338 e. The van der Waals surface area contributed by atoms with Gasteiger partial charge >= 0.3 is 0 Å². The number of fused-ring (bicyclic) bond motifs is 1. The predicted octanol–water partition coefficient (Wildman–Crippen LogP) is 6.10. The zero-order valence-electron chi connectivity index (χ0n) is 14.4. The van der Waals surface area contributed by atoms with Crippen molar-refractivity contribution >= 4 is 45.8 Å². The number of aromatic amines is 1. The number of aryl methyl sites for hydroxylation is 1. The van der Waals surface area contributed by atoms with Gasteiger partial charge in [0.15, 0.2) is 0 Å². The topological polar surface area (TPSA) is 57.8 Å². The number of benzene rings is 3. The summed E-state index contributed by atoms with van der Waals surface area (Å²) in [6, 6.07) is 18.5. The summed E-state index contributed by atoms with van der Waals surface area (Å²) in [6.07, 6.45) is 0. The van der Waals surface area contributed by atoms with Crippen LogP contribution in [0.5, 0.6) is 0 Å². The van der Waals surface area contributed by atoms with Crippen LogP contribution in [-0.4, -0.2) is 15.9 Å². The standard InChI is InChI=1S/C21H15Cl2N3O/c1-12-6-7-13(20-24-17-4-2-3-5-18(17)25-20)10-19(12)26-21(27)15-9-8-14(22)11-16(15)23/h2-11H,1H3,(H,24,25)(H,26,27). The van der Waals surface area contributed by atoms with Gasteiger partial charge in [0.05, 0.1) is 21.6 Å². The second-order valence-corrected chi connectivity index (χ2v) is 7.05. The minimum atomic E-state index is -0.290. The van der Waals surface area contributed by atoms with E-state index in [0.29, 0.717) is 21.3 Å². The second-order valence-electron chi connectivity index (χ2n) is 6.21. The van der Waals surface area contributed by atoms with Gasteiger partial charge in [-0.2, -0.15) is 0 Å². The molecule has 1 amide bonds. The molecule has 0 fully saturated rings. The highest BCUT2D eigenvalue weighted by Crippen LogP contribution is 2.27. The molecule has 4 nitrogen and oxygen atoms in total. The molecule has 0 aliphatic heterocycles. The number of carbonyl (C=O) groups is 1. The van der Waals surface area contributed by atoms with Crippen molar-refractivity contribution in [1.29, 1.82) is 0 Å². The highest BCUT2D eigenvalue weighted by atomic mass is 35.5. The van der Waals surface area contributed by atoms with Crippen molar-refractivity contribution in [3.05, 3.63) is 81.8 Å². The quantitative estimate of drug-likeness (QED) is 0.440. The van der Waals surface area contributed by atoms with Gasteiger partial charge in [-0.15, -0.1) is 0 Å². The maximum atomic E-state index is 12.6. The molecule has 4 aromatic rings. The molecule has 1 aromatic heterocycles. The Morgan fingerprint density at radius 1 is 1.04 bits per heavy atom. The van der Waals surface area contributed by atoms with Crippen molar-refractivity contribution in [3.63, 3.8) is 0 Å². The summed E-state index contributed by atoms with van der Waals surface area (Å²) in [5.41, 5.74) is 4.75. The molecule has 0 radical (unpaired) electrons. The number of H-pyrrole nitrogens is 1. The predicted molar refractivity (Wildman–Crippen MR) is 111 cm³/mol. The van der Waals surface area contributed by atoms with Crippen molar-refractivity contribution in [2.24, 2.45) is 0 Å². The van der Waals surface area contributed by atoms with Crippen LogP contribution >= 0.6 is 23.2 Å². The molecular weight excluding hydrogens is 381 g/mol. The second kappa shape index (κ2) is 7.06. The zero-order valence-corrected chi connectivity index (χ0v) is 15.9. The molecule has 0 aliphatic carbocycles. The van der Waals surface area contributed by atoms with E-state index >= 15 is 0 Å². The van der Waals surface area contributed by atoms with E-state index < -0.39 is 0 Å². The third-order valence-corrected chi connectivity index (χ3v) is 4.87. The van der Waals surface area contributed by atoms with Crippen molar-refractivity contribution in [2.75, 3.05) is 5.32 Å². The van der Waals surface area contributed by atoms with Gasteiger partial charge in [-0.25, -0.2) is 4.98 Å². The Bertz CT molecular complexity index is 1130. The molecule has 1 heterocycles. The number of para-hydroxylation sites is 2. The lowest BCUT2D eigenvalue weighted by atomic mass is 10.1. The van der Waals surface area contributed by atoms with Crippen molar-refractivity contribution in [3.8, 4) is 11.4 Å². The molecule has 0 bridgehead atoms. The van der Waals surface area contributed by atoms with E-state index in [4.69, 9.17) is 23.2 Å². The highest BCUT2D eigenvalue weighted by Gasteiger charge is 2.13.